The van der Waals surface area contributed by atoms with Crippen molar-refractivity contribution >= 4 is 40.9 Å². The number of hydrogen-bond donors (Lipinski definition) is 1. The van der Waals surface area contributed by atoms with Gasteiger partial charge in [0, 0.05) is 41.9 Å². The van der Waals surface area contributed by atoms with Gasteiger partial charge in [-0.15, -0.1) is 0 Å². The molecule has 0 saturated carbocycles. The molecule has 2 heterocycles. The Labute approximate surface area is 209 Å². The molecule has 1 atom stereocenters. The van der Waals surface area contributed by atoms with E-state index in [1.54, 1.807) is 36.4 Å². The first-order valence-corrected chi connectivity index (χ1v) is 12.0. The van der Waals surface area contributed by atoms with Gasteiger partial charge in [0.1, 0.15) is 0 Å². The van der Waals surface area contributed by atoms with Gasteiger partial charge < -0.3 is 19.9 Å². The lowest BCUT2D eigenvalue weighted by Gasteiger charge is -2.41. The lowest BCUT2D eigenvalue weighted by atomic mass is 10.1. The molecule has 3 aromatic rings. The molecule has 2 aliphatic heterocycles. The van der Waals surface area contributed by atoms with E-state index >= 15 is 0 Å². The molecule has 0 spiro atoms. The van der Waals surface area contributed by atoms with Crippen LogP contribution in [0.5, 0.6) is 5.75 Å². The highest BCUT2D eigenvalue weighted by Gasteiger charge is 2.29. The fourth-order valence-electron chi connectivity index (χ4n) is 4.52. The van der Waals surface area contributed by atoms with Crippen LogP contribution in [0.1, 0.15) is 28.4 Å². The first kappa shape index (κ1) is 23.0. The number of piperazine rings is 1. The number of halogens is 1. The van der Waals surface area contributed by atoms with E-state index in [0.29, 0.717) is 35.1 Å². The molecule has 0 radical (unpaired) electrons. The summed E-state index contributed by atoms with van der Waals surface area (Å²) in [6.45, 7) is 6.24. The number of aryl methyl sites for hydroxylation is 1. The van der Waals surface area contributed by atoms with Crippen LogP contribution in [0.2, 0.25) is 5.02 Å². The van der Waals surface area contributed by atoms with Crippen molar-refractivity contribution in [1.82, 2.24) is 4.90 Å². The molecule has 1 unspecified atom stereocenters. The van der Waals surface area contributed by atoms with Gasteiger partial charge in [0.15, 0.2) is 11.5 Å². The maximum Gasteiger partial charge on any atom is 0.291 e. The highest BCUT2D eigenvalue weighted by Crippen LogP contribution is 2.33. The van der Waals surface area contributed by atoms with Crippen molar-refractivity contribution in [2.75, 3.05) is 29.9 Å². The normalized spacial score (nSPS) is 18.7. The van der Waals surface area contributed by atoms with Crippen LogP contribution in [0.25, 0.3) is 6.08 Å². The van der Waals surface area contributed by atoms with E-state index < -0.39 is 0 Å². The second kappa shape index (κ2) is 9.47. The molecule has 7 heteroatoms. The van der Waals surface area contributed by atoms with Crippen LogP contribution in [0, 0.1) is 6.92 Å². The van der Waals surface area contributed by atoms with E-state index in [4.69, 9.17) is 16.3 Å². The number of carbonyl (C=O) groups is 2. The predicted molar refractivity (Wildman–Crippen MR) is 139 cm³/mol. The molecule has 178 valence electrons. The number of ether oxygens (including phenoxy) is 1. The lowest BCUT2D eigenvalue weighted by Crippen LogP contribution is -2.53. The Kier molecular flexibility index (Phi) is 6.22. The zero-order chi connectivity index (χ0) is 24.5. The van der Waals surface area contributed by atoms with Crippen LogP contribution >= 0.6 is 11.6 Å². The number of amides is 2. The van der Waals surface area contributed by atoms with E-state index in [1.165, 1.54) is 11.3 Å². The first-order chi connectivity index (χ1) is 16.9. The van der Waals surface area contributed by atoms with Crippen molar-refractivity contribution in [3.63, 3.8) is 0 Å². The Morgan fingerprint density at radius 2 is 1.89 bits per heavy atom. The van der Waals surface area contributed by atoms with Gasteiger partial charge in [-0.25, -0.2) is 0 Å². The molecule has 5 rings (SSSR count). The summed E-state index contributed by atoms with van der Waals surface area (Å²) in [6.07, 6.45) is 1.66. The van der Waals surface area contributed by atoms with E-state index in [1.807, 2.05) is 17.0 Å². The number of hydrogen-bond acceptors (Lipinski definition) is 4. The summed E-state index contributed by atoms with van der Waals surface area (Å²) in [7, 11) is 0. The first-order valence-electron chi connectivity index (χ1n) is 11.6. The highest BCUT2D eigenvalue weighted by molar-refractivity contribution is 6.30. The molecule has 0 bridgehead atoms. The SMILES string of the molecule is Cc1cccc(N2CCN(C(=O)c3ccc4c(c3)NC(=O)C(=Cc3ccc(Cl)cc3)O4)CC2C)c1. The fraction of sp³-hybridized carbons (Fsp3) is 0.214. The van der Waals surface area contributed by atoms with Gasteiger partial charge in [0.2, 0.25) is 0 Å². The van der Waals surface area contributed by atoms with E-state index in [-0.39, 0.29) is 23.6 Å². The molecule has 3 aromatic carbocycles. The Bertz CT molecular complexity index is 1320. The summed E-state index contributed by atoms with van der Waals surface area (Å²) in [5, 5.41) is 3.47. The molecular formula is C28H26ClN3O3. The van der Waals surface area contributed by atoms with E-state index in [0.717, 1.165) is 12.1 Å². The topological polar surface area (TPSA) is 61.9 Å². The molecule has 2 aliphatic rings. The number of carbonyl (C=O) groups excluding carboxylic acids is 2. The number of fused-ring (bicyclic) bond motifs is 1. The van der Waals surface area contributed by atoms with Crippen LogP contribution in [-0.2, 0) is 4.79 Å². The maximum absolute atomic E-state index is 13.3. The zero-order valence-electron chi connectivity index (χ0n) is 19.6. The smallest absolute Gasteiger partial charge is 0.291 e. The third-order valence-corrected chi connectivity index (χ3v) is 6.59. The number of rotatable bonds is 3. The minimum atomic E-state index is -0.363. The van der Waals surface area contributed by atoms with Crippen molar-refractivity contribution in [3.05, 3.63) is 94.2 Å². The number of benzene rings is 3. The average Bonchev–Trinajstić information content (AvgIpc) is 2.85. The Morgan fingerprint density at radius 3 is 2.63 bits per heavy atom. The van der Waals surface area contributed by atoms with Crippen LogP contribution in [0.15, 0.2) is 72.5 Å². The van der Waals surface area contributed by atoms with Crippen LogP contribution in [0.4, 0.5) is 11.4 Å². The minimum Gasteiger partial charge on any atom is -0.449 e. The summed E-state index contributed by atoms with van der Waals surface area (Å²) in [6, 6.07) is 20.9. The largest absolute Gasteiger partial charge is 0.449 e. The van der Waals surface area contributed by atoms with Crippen LogP contribution in [0.3, 0.4) is 0 Å². The monoisotopic (exact) mass is 487 g/mol. The molecule has 6 nitrogen and oxygen atoms in total. The Balaban J connectivity index is 1.29. The summed E-state index contributed by atoms with van der Waals surface area (Å²) in [5.41, 5.74) is 4.21. The van der Waals surface area contributed by atoms with Gasteiger partial charge >= 0.3 is 0 Å². The third kappa shape index (κ3) is 4.88. The second-order valence-corrected chi connectivity index (χ2v) is 9.40. The van der Waals surface area contributed by atoms with Crippen molar-refractivity contribution in [2.45, 2.75) is 19.9 Å². The highest BCUT2D eigenvalue weighted by atomic mass is 35.5. The van der Waals surface area contributed by atoms with Crippen molar-refractivity contribution in [2.24, 2.45) is 0 Å². The third-order valence-electron chi connectivity index (χ3n) is 6.33. The van der Waals surface area contributed by atoms with Gasteiger partial charge in [-0.3, -0.25) is 9.59 Å². The molecule has 1 fully saturated rings. The number of anilines is 2. The zero-order valence-corrected chi connectivity index (χ0v) is 20.4. The summed E-state index contributed by atoms with van der Waals surface area (Å²) < 4.78 is 5.83. The summed E-state index contributed by atoms with van der Waals surface area (Å²) >= 11 is 5.93. The maximum atomic E-state index is 13.3. The minimum absolute atomic E-state index is 0.0553. The van der Waals surface area contributed by atoms with Crippen molar-refractivity contribution < 1.29 is 14.3 Å². The molecular weight excluding hydrogens is 462 g/mol. The average molecular weight is 488 g/mol. The van der Waals surface area contributed by atoms with Gasteiger partial charge in [-0.1, -0.05) is 35.9 Å². The fourth-order valence-corrected chi connectivity index (χ4v) is 4.64. The van der Waals surface area contributed by atoms with Gasteiger partial charge in [-0.05, 0) is 73.5 Å². The standard InChI is InChI=1S/C28H26ClN3O3/c1-18-4-3-5-23(14-18)32-13-12-31(17-19(32)2)28(34)21-8-11-25-24(16-21)30-27(33)26(35-25)15-20-6-9-22(29)10-7-20/h3-11,14-16,19H,12-13,17H2,1-2H3,(H,30,33). The molecule has 1 saturated heterocycles. The summed E-state index contributed by atoms with van der Waals surface area (Å²) in [4.78, 5) is 30.1. The second-order valence-electron chi connectivity index (χ2n) is 8.96. The molecule has 0 aliphatic carbocycles. The van der Waals surface area contributed by atoms with E-state index in [2.05, 4.69) is 48.3 Å². The molecule has 2 amide bonds. The summed E-state index contributed by atoms with van der Waals surface area (Å²) in [5.74, 6) is 0.261. The molecule has 35 heavy (non-hydrogen) atoms. The van der Waals surface area contributed by atoms with E-state index in [9.17, 15) is 9.59 Å². The van der Waals surface area contributed by atoms with Crippen molar-refractivity contribution in [1.29, 1.82) is 0 Å². The van der Waals surface area contributed by atoms with Gasteiger partial charge in [-0.2, -0.15) is 0 Å². The molecule has 0 aromatic heterocycles. The van der Waals surface area contributed by atoms with Crippen LogP contribution in [-0.4, -0.2) is 42.4 Å². The predicted octanol–water partition coefficient (Wildman–Crippen LogP) is 5.37. The Hall–Kier alpha value is -3.77. The number of nitrogens with one attached hydrogen (secondary N) is 1. The Morgan fingerprint density at radius 1 is 1.09 bits per heavy atom. The van der Waals surface area contributed by atoms with Gasteiger partial charge in [0.25, 0.3) is 11.8 Å². The van der Waals surface area contributed by atoms with Gasteiger partial charge in [0.05, 0.1) is 5.69 Å². The molecule has 1 N–H and O–H groups in total. The van der Waals surface area contributed by atoms with Crippen LogP contribution < -0.4 is 15.0 Å². The lowest BCUT2D eigenvalue weighted by molar-refractivity contribution is -0.115. The number of nitrogens with zero attached hydrogens (tertiary/aromatic N) is 2. The quantitative estimate of drug-likeness (QED) is 0.504. The van der Waals surface area contributed by atoms with Crippen molar-refractivity contribution in [3.8, 4) is 5.75 Å².